The van der Waals surface area contributed by atoms with E-state index in [1.165, 1.54) is 0 Å². The molecule has 0 saturated heterocycles. The number of hydrogen-bond donors (Lipinski definition) is 3. The van der Waals surface area contributed by atoms with Crippen LogP contribution in [0.3, 0.4) is 0 Å². The number of carboxylic acids is 1. The van der Waals surface area contributed by atoms with E-state index in [4.69, 9.17) is 10.8 Å². The molecule has 0 fully saturated rings. The SMILES string of the molecule is CC(CC(N)=O)NCc1ccc(C(=O)O)cc1. The second-order valence-corrected chi connectivity index (χ2v) is 3.95. The minimum absolute atomic E-state index is 0.00616. The highest BCUT2D eigenvalue weighted by Gasteiger charge is 2.06. The zero-order valence-electron chi connectivity index (χ0n) is 9.64. The number of benzene rings is 1. The Bertz CT molecular complexity index is 401. The summed E-state index contributed by atoms with van der Waals surface area (Å²) in [5, 5.41) is 11.9. The molecule has 0 radical (unpaired) electrons. The molecule has 5 heteroatoms. The van der Waals surface area contributed by atoms with Crippen molar-refractivity contribution in [3.63, 3.8) is 0 Å². The molecule has 5 nitrogen and oxygen atoms in total. The van der Waals surface area contributed by atoms with Gasteiger partial charge in [-0.25, -0.2) is 4.79 Å². The molecular weight excluding hydrogens is 220 g/mol. The van der Waals surface area contributed by atoms with Gasteiger partial charge in [0.05, 0.1) is 5.56 Å². The van der Waals surface area contributed by atoms with Gasteiger partial charge in [0.2, 0.25) is 5.91 Å². The largest absolute Gasteiger partial charge is 0.478 e. The molecule has 1 unspecified atom stereocenters. The summed E-state index contributed by atoms with van der Waals surface area (Å²) < 4.78 is 0. The van der Waals surface area contributed by atoms with E-state index in [0.717, 1.165) is 5.56 Å². The molecule has 1 amide bonds. The van der Waals surface area contributed by atoms with Crippen LogP contribution < -0.4 is 11.1 Å². The molecule has 0 bridgehead atoms. The van der Waals surface area contributed by atoms with Crippen LogP contribution >= 0.6 is 0 Å². The number of carbonyl (C=O) groups excluding carboxylic acids is 1. The van der Waals surface area contributed by atoms with Crippen LogP contribution in [0.2, 0.25) is 0 Å². The van der Waals surface area contributed by atoms with Crippen molar-refractivity contribution < 1.29 is 14.7 Å². The molecule has 0 saturated carbocycles. The van der Waals surface area contributed by atoms with Crippen LogP contribution in [-0.2, 0) is 11.3 Å². The van der Waals surface area contributed by atoms with E-state index >= 15 is 0 Å². The maximum Gasteiger partial charge on any atom is 0.335 e. The summed E-state index contributed by atoms with van der Waals surface area (Å²) >= 11 is 0. The number of carboxylic acid groups (broad SMARTS) is 1. The van der Waals surface area contributed by atoms with E-state index in [1.807, 2.05) is 6.92 Å². The Morgan fingerprint density at radius 2 is 1.94 bits per heavy atom. The number of nitrogens with one attached hydrogen (secondary N) is 1. The van der Waals surface area contributed by atoms with Gasteiger partial charge in [0, 0.05) is 19.0 Å². The fraction of sp³-hybridized carbons (Fsp3) is 0.333. The number of nitrogens with two attached hydrogens (primary N) is 1. The summed E-state index contributed by atoms with van der Waals surface area (Å²) in [6.07, 6.45) is 0.285. The van der Waals surface area contributed by atoms with Crippen molar-refractivity contribution in [1.82, 2.24) is 5.32 Å². The maximum atomic E-state index is 10.7. The maximum absolute atomic E-state index is 10.7. The Labute approximate surface area is 99.6 Å². The lowest BCUT2D eigenvalue weighted by Gasteiger charge is -2.11. The minimum atomic E-state index is -0.938. The number of rotatable bonds is 6. The highest BCUT2D eigenvalue weighted by Crippen LogP contribution is 2.04. The van der Waals surface area contributed by atoms with Crippen molar-refractivity contribution in [1.29, 1.82) is 0 Å². The molecule has 0 spiro atoms. The van der Waals surface area contributed by atoms with Gasteiger partial charge in [-0.2, -0.15) is 0 Å². The molecule has 1 aromatic carbocycles. The Balaban J connectivity index is 2.47. The second-order valence-electron chi connectivity index (χ2n) is 3.95. The fourth-order valence-corrected chi connectivity index (χ4v) is 1.43. The predicted molar refractivity (Wildman–Crippen MR) is 63.5 cm³/mol. The van der Waals surface area contributed by atoms with Crippen molar-refractivity contribution in [2.75, 3.05) is 0 Å². The molecule has 4 N–H and O–H groups in total. The van der Waals surface area contributed by atoms with E-state index in [9.17, 15) is 9.59 Å². The third kappa shape index (κ3) is 4.65. The fourth-order valence-electron chi connectivity index (χ4n) is 1.43. The van der Waals surface area contributed by atoms with Crippen LogP contribution in [0.5, 0.6) is 0 Å². The lowest BCUT2D eigenvalue weighted by atomic mass is 10.1. The number of aromatic carboxylic acids is 1. The van der Waals surface area contributed by atoms with Crippen molar-refractivity contribution in [3.05, 3.63) is 35.4 Å². The Hall–Kier alpha value is -1.88. The highest BCUT2D eigenvalue weighted by atomic mass is 16.4. The van der Waals surface area contributed by atoms with Crippen molar-refractivity contribution in [2.24, 2.45) is 5.73 Å². The third-order valence-electron chi connectivity index (χ3n) is 2.36. The number of primary amides is 1. The van der Waals surface area contributed by atoms with Gasteiger partial charge in [-0.15, -0.1) is 0 Å². The molecule has 17 heavy (non-hydrogen) atoms. The normalized spacial score (nSPS) is 12.1. The highest BCUT2D eigenvalue weighted by molar-refractivity contribution is 5.87. The molecule has 0 heterocycles. The van der Waals surface area contributed by atoms with Gasteiger partial charge in [-0.1, -0.05) is 12.1 Å². The van der Waals surface area contributed by atoms with Gasteiger partial charge < -0.3 is 16.2 Å². The summed E-state index contributed by atoms with van der Waals surface area (Å²) in [5.41, 5.74) is 6.30. The zero-order valence-corrected chi connectivity index (χ0v) is 9.64. The molecule has 1 rings (SSSR count). The first-order chi connectivity index (χ1) is 7.99. The van der Waals surface area contributed by atoms with Crippen LogP contribution in [0, 0.1) is 0 Å². The van der Waals surface area contributed by atoms with Crippen molar-refractivity contribution in [2.45, 2.75) is 25.9 Å². The Kier molecular flexibility index (Phi) is 4.66. The van der Waals surface area contributed by atoms with Gasteiger partial charge in [-0.05, 0) is 24.6 Å². The monoisotopic (exact) mass is 236 g/mol. The first-order valence-electron chi connectivity index (χ1n) is 5.33. The molecule has 1 atom stereocenters. The van der Waals surface area contributed by atoms with E-state index < -0.39 is 5.97 Å². The van der Waals surface area contributed by atoms with Gasteiger partial charge in [0.15, 0.2) is 0 Å². The zero-order chi connectivity index (χ0) is 12.8. The number of carbonyl (C=O) groups is 2. The second kappa shape index (κ2) is 6.00. The van der Waals surface area contributed by atoms with E-state index in [2.05, 4.69) is 5.32 Å². The van der Waals surface area contributed by atoms with Crippen molar-refractivity contribution >= 4 is 11.9 Å². The van der Waals surface area contributed by atoms with Crippen LogP contribution in [0.1, 0.15) is 29.3 Å². The van der Waals surface area contributed by atoms with Gasteiger partial charge in [0.1, 0.15) is 0 Å². The molecule has 0 aliphatic rings. The topological polar surface area (TPSA) is 92.4 Å². The summed E-state index contributed by atoms with van der Waals surface area (Å²) in [5.74, 6) is -1.28. The smallest absolute Gasteiger partial charge is 0.335 e. The van der Waals surface area contributed by atoms with Crippen molar-refractivity contribution in [3.8, 4) is 0 Å². The van der Waals surface area contributed by atoms with E-state index in [0.29, 0.717) is 6.54 Å². The van der Waals surface area contributed by atoms with Crippen LogP contribution in [0.25, 0.3) is 0 Å². The molecular formula is C12H16N2O3. The third-order valence-corrected chi connectivity index (χ3v) is 2.36. The van der Waals surface area contributed by atoms with Crippen LogP contribution in [0.4, 0.5) is 0 Å². The first-order valence-corrected chi connectivity index (χ1v) is 5.33. The standard InChI is InChI=1S/C12H16N2O3/c1-8(6-11(13)15)14-7-9-2-4-10(5-3-9)12(16)17/h2-5,8,14H,6-7H2,1H3,(H2,13,15)(H,16,17). The summed E-state index contributed by atoms with van der Waals surface area (Å²) in [6.45, 7) is 2.45. The summed E-state index contributed by atoms with van der Waals surface area (Å²) in [7, 11) is 0. The Morgan fingerprint density at radius 1 is 1.35 bits per heavy atom. The number of hydrogen-bond acceptors (Lipinski definition) is 3. The lowest BCUT2D eigenvalue weighted by Crippen LogP contribution is -2.30. The lowest BCUT2D eigenvalue weighted by molar-refractivity contribution is -0.118. The minimum Gasteiger partial charge on any atom is -0.478 e. The molecule has 0 aliphatic carbocycles. The van der Waals surface area contributed by atoms with Crippen LogP contribution in [0.15, 0.2) is 24.3 Å². The van der Waals surface area contributed by atoms with E-state index in [-0.39, 0.29) is 23.9 Å². The Morgan fingerprint density at radius 3 is 2.41 bits per heavy atom. The van der Waals surface area contributed by atoms with Crippen LogP contribution in [-0.4, -0.2) is 23.0 Å². The summed E-state index contributed by atoms with van der Waals surface area (Å²) in [6, 6.07) is 6.60. The summed E-state index contributed by atoms with van der Waals surface area (Å²) in [4.78, 5) is 21.3. The van der Waals surface area contributed by atoms with Gasteiger partial charge in [-0.3, -0.25) is 4.79 Å². The average Bonchev–Trinajstić information content (AvgIpc) is 2.26. The predicted octanol–water partition coefficient (Wildman–Crippen LogP) is 0.738. The van der Waals surface area contributed by atoms with Gasteiger partial charge in [0.25, 0.3) is 0 Å². The van der Waals surface area contributed by atoms with Gasteiger partial charge >= 0.3 is 5.97 Å². The average molecular weight is 236 g/mol. The van der Waals surface area contributed by atoms with E-state index in [1.54, 1.807) is 24.3 Å². The molecule has 1 aromatic rings. The molecule has 0 aliphatic heterocycles. The quantitative estimate of drug-likeness (QED) is 0.679. The first kappa shape index (κ1) is 13.2. The molecule has 0 aromatic heterocycles. The number of amides is 1. The molecule has 92 valence electrons.